The molecule has 4 N–H and O–H groups in total. The van der Waals surface area contributed by atoms with Gasteiger partial charge in [0, 0.05) is 17.7 Å². The first kappa shape index (κ1) is 13.2. The number of hydrogen-bond donors (Lipinski definition) is 3. The van der Waals surface area contributed by atoms with E-state index in [0.717, 1.165) is 18.6 Å². The maximum absolute atomic E-state index is 10.7. The summed E-state index contributed by atoms with van der Waals surface area (Å²) in [6, 6.07) is -0.466. The van der Waals surface area contributed by atoms with Gasteiger partial charge in [0.1, 0.15) is 0 Å². The van der Waals surface area contributed by atoms with Crippen molar-refractivity contribution in [3.63, 3.8) is 0 Å². The van der Waals surface area contributed by atoms with E-state index >= 15 is 0 Å². The summed E-state index contributed by atoms with van der Waals surface area (Å²) < 4.78 is 0. The molecule has 16 heavy (non-hydrogen) atoms. The predicted octanol–water partition coefficient (Wildman–Crippen LogP) is 0.988. The molecule has 0 bridgehead atoms. The fourth-order valence-corrected chi connectivity index (χ4v) is 3.02. The topological polar surface area (TPSA) is 92.4 Å². The van der Waals surface area contributed by atoms with E-state index in [9.17, 15) is 9.59 Å². The molecule has 0 aromatic rings. The molecule has 1 fully saturated rings. The van der Waals surface area contributed by atoms with E-state index in [4.69, 9.17) is 10.8 Å². The monoisotopic (exact) mass is 245 g/mol. The first-order chi connectivity index (χ1) is 7.59. The summed E-state index contributed by atoms with van der Waals surface area (Å²) in [6.45, 7) is 0. The molecule has 2 amide bonds. The van der Waals surface area contributed by atoms with Gasteiger partial charge in [-0.25, -0.2) is 4.79 Å². The number of aliphatic carboxylic acids is 1. The van der Waals surface area contributed by atoms with Crippen LogP contribution in [-0.2, 0) is 4.79 Å². The second-order valence-electron chi connectivity index (χ2n) is 3.78. The van der Waals surface area contributed by atoms with Crippen LogP contribution in [0.25, 0.3) is 0 Å². The van der Waals surface area contributed by atoms with Crippen LogP contribution in [0.2, 0.25) is 0 Å². The number of primary amides is 1. The number of rotatable bonds is 6. The number of carboxylic acids is 1. The minimum atomic E-state index is -0.752. The summed E-state index contributed by atoms with van der Waals surface area (Å²) in [6.07, 6.45) is 4.73. The Bertz CT molecular complexity index is 260. The number of nitrogens with one attached hydrogen (secondary N) is 1. The van der Waals surface area contributed by atoms with E-state index in [-0.39, 0.29) is 12.5 Å². The van der Waals surface area contributed by atoms with Gasteiger partial charge in [-0.2, -0.15) is 11.8 Å². The van der Waals surface area contributed by atoms with Gasteiger partial charge in [-0.15, -0.1) is 0 Å². The van der Waals surface area contributed by atoms with Crippen LogP contribution in [0.4, 0.5) is 4.79 Å². The molecule has 0 unspecified atom stereocenters. The smallest absolute Gasteiger partial charge is 0.312 e. The van der Waals surface area contributed by atoms with Crippen molar-refractivity contribution in [3.8, 4) is 0 Å². The molecule has 5 nitrogen and oxygen atoms in total. The standard InChI is InChI=1S/C10H17N2O3S/c11-10(15)12-7-5-6-16-8(7)3-1-2-4-9(13)14/h5,7-8H,1-4,6H2,(H,13,14)(H3,11,12,15)/t7-,8-/m0/s1. The van der Waals surface area contributed by atoms with Gasteiger partial charge in [-0.05, 0) is 25.0 Å². The van der Waals surface area contributed by atoms with Crippen LogP contribution in [-0.4, -0.2) is 34.2 Å². The molecule has 6 heteroatoms. The minimum absolute atomic E-state index is 0.0346. The molecular formula is C10H17N2O3S. The summed E-state index contributed by atoms with van der Waals surface area (Å²) in [7, 11) is 0. The average Bonchev–Trinajstić information content (AvgIpc) is 2.59. The van der Waals surface area contributed by atoms with Gasteiger partial charge in [0.05, 0.1) is 0 Å². The van der Waals surface area contributed by atoms with Crippen molar-refractivity contribution >= 4 is 23.8 Å². The van der Waals surface area contributed by atoms with Crippen molar-refractivity contribution < 1.29 is 14.7 Å². The summed E-state index contributed by atoms with van der Waals surface area (Å²) in [5.74, 6) is 0.159. The zero-order valence-corrected chi connectivity index (χ0v) is 9.83. The van der Waals surface area contributed by atoms with Crippen molar-refractivity contribution in [3.05, 3.63) is 6.42 Å². The molecule has 2 atom stereocenters. The maximum Gasteiger partial charge on any atom is 0.312 e. The van der Waals surface area contributed by atoms with E-state index in [1.165, 1.54) is 0 Å². The fourth-order valence-electron chi connectivity index (χ4n) is 1.74. The molecule has 1 radical (unpaired) electrons. The molecule has 91 valence electrons. The molecule has 1 aliphatic heterocycles. The number of hydrogen-bond acceptors (Lipinski definition) is 3. The van der Waals surface area contributed by atoms with Gasteiger partial charge >= 0.3 is 12.0 Å². The van der Waals surface area contributed by atoms with Crippen LogP contribution in [0.3, 0.4) is 0 Å². The Hall–Kier alpha value is -0.910. The van der Waals surface area contributed by atoms with E-state index in [1.807, 2.05) is 6.42 Å². The molecule has 0 spiro atoms. The summed E-state index contributed by atoms with van der Waals surface area (Å²) in [5.41, 5.74) is 5.07. The number of unbranched alkanes of at least 4 members (excludes halogenated alkanes) is 1. The molecule has 0 saturated carbocycles. The first-order valence-corrected chi connectivity index (χ1v) is 6.37. The zero-order valence-electron chi connectivity index (χ0n) is 9.02. The van der Waals surface area contributed by atoms with Crippen LogP contribution in [0.1, 0.15) is 25.7 Å². The van der Waals surface area contributed by atoms with Gasteiger partial charge in [-0.3, -0.25) is 4.79 Å². The Morgan fingerprint density at radius 3 is 2.88 bits per heavy atom. The van der Waals surface area contributed by atoms with Crippen molar-refractivity contribution in [2.24, 2.45) is 5.73 Å². The van der Waals surface area contributed by atoms with E-state index in [1.54, 1.807) is 11.8 Å². The summed E-state index contributed by atoms with van der Waals surface area (Å²) >= 11 is 1.78. The van der Waals surface area contributed by atoms with Gasteiger partial charge in [0.15, 0.2) is 0 Å². The fraction of sp³-hybridized carbons (Fsp3) is 0.700. The quantitative estimate of drug-likeness (QED) is 0.608. The van der Waals surface area contributed by atoms with E-state index in [0.29, 0.717) is 11.7 Å². The third kappa shape index (κ3) is 4.74. The Morgan fingerprint density at radius 2 is 2.25 bits per heavy atom. The van der Waals surface area contributed by atoms with Gasteiger partial charge in [0.25, 0.3) is 0 Å². The highest BCUT2D eigenvalue weighted by Crippen LogP contribution is 2.30. The van der Waals surface area contributed by atoms with Gasteiger partial charge in [-0.1, -0.05) is 6.42 Å². The summed E-state index contributed by atoms with van der Waals surface area (Å²) in [4.78, 5) is 21.0. The van der Waals surface area contributed by atoms with Crippen LogP contribution >= 0.6 is 11.8 Å². The molecule has 1 heterocycles. The number of amides is 2. The Morgan fingerprint density at radius 1 is 1.50 bits per heavy atom. The molecule has 1 aliphatic rings. The predicted molar refractivity (Wildman–Crippen MR) is 63.2 cm³/mol. The lowest BCUT2D eigenvalue weighted by Crippen LogP contribution is -2.42. The number of carbonyl (C=O) groups excluding carboxylic acids is 1. The van der Waals surface area contributed by atoms with Crippen LogP contribution in [0.15, 0.2) is 0 Å². The second-order valence-corrected chi connectivity index (χ2v) is 5.05. The second kappa shape index (κ2) is 6.62. The van der Waals surface area contributed by atoms with E-state index in [2.05, 4.69) is 5.32 Å². The Kier molecular flexibility index (Phi) is 5.45. The highest BCUT2D eigenvalue weighted by molar-refractivity contribution is 8.00. The maximum atomic E-state index is 10.7. The SMILES string of the molecule is NC(=O)N[C@H]1[CH]CS[C@H]1CCCCC(=O)O. The lowest BCUT2D eigenvalue weighted by Gasteiger charge is -2.18. The lowest BCUT2D eigenvalue weighted by atomic mass is 10.1. The average molecular weight is 245 g/mol. The number of carbonyl (C=O) groups is 2. The Labute approximate surface area is 99.1 Å². The highest BCUT2D eigenvalue weighted by Gasteiger charge is 2.28. The normalized spacial score (nSPS) is 24.2. The van der Waals surface area contributed by atoms with E-state index < -0.39 is 12.0 Å². The zero-order chi connectivity index (χ0) is 12.0. The molecular weight excluding hydrogens is 228 g/mol. The van der Waals surface area contributed by atoms with Crippen LogP contribution < -0.4 is 11.1 Å². The summed E-state index contributed by atoms with van der Waals surface area (Å²) in [5, 5.41) is 11.5. The molecule has 0 aromatic carbocycles. The molecule has 0 aromatic heterocycles. The van der Waals surface area contributed by atoms with Crippen molar-refractivity contribution in [2.75, 3.05) is 5.75 Å². The van der Waals surface area contributed by atoms with Crippen LogP contribution in [0, 0.1) is 6.42 Å². The number of urea groups is 1. The minimum Gasteiger partial charge on any atom is -0.481 e. The van der Waals surface area contributed by atoms with Crippen molar-refractivity contribution in [1.29, 1.82) is 0 Å². The number of nitrogens with two attached hydrogens (primary N) is 1. The largest absolute Gasteiger partial charge is 0.481 e. The molecule has 1 rings (SSSR count). The highest BCUT2D eigenvalue weighted by atomic mass is 32.2. The van der Waals surface area contributed by atoms with Crippen molar-refractivity contribution in [1.82, 2.24) is 5.32 Å². The lowest BCUT2D eigenvalue weighted by molar-refractivity contribution is -0.137. The number of thioether (sulfide) groups is 1. The first-order valence-electron chi connectivity index (χ1n) is 5.32. The molecule has 1 saturated heterocycles. The van der Waals surface area contributed by atoms with Gasteiger partial charge < -0.3 is 16.2 Å². The number of carboxylic acid groups (broad SMARTS) is 1. The van der Waals surface area contributed by atoms with Crippen LogP contribution in [0.5, 0.6) is 0 Å². The molecule has 0 aliphatic carbocycles. The van der Waals surface area contributed by atoms with Gasteiger partial charge in [0.2, 0.25) is 0 Å². The van der Waals surface area contributed by atoms with Crippen molar-refractivity contribution in [2.45, 2.75) is 37.0 Å². The third-order valence-corrected chi connectivity index (χ3v) is 3.84. The third-order valence-electron chi connectivity index (χ3n) is 2.50. The Balaban J connectivity index is 2.19.